The summed E-state index contributed by atoms with van der Waals surface area (Å²) in [5, 5.41) is 4.34. The molecule has 0 amide bonds. The van der Waals surface area contributed by atoms with Gasteiger partial charge in [0.15, 0.2) is 17.3 Å². The normalized spacial score (nSPS) is 10.7. The van der Waals surface area contributed by atoms with E-state index in [4.69, 9.17) is 4.74 Å². The molecule has 0 atom stereocenters. The van der Waals surface area contributed by atoms with E-state index < -0.39 is 5.82 Å². The van der Waals surface area contributed by atoms with Gasteiger partial charge >= 0.3 is 0 Å². The van der Waals surface area contributed by atoms with Crippen LogP contribution in [0, 0.1) is 5.82 Å². The van der Waals surface area contributed by atoms with Crippen molar-refractivity contribution in [3.05, 3.63) is 45.4 Å². The van der Waals surface area contributed by atoms with Crippen molar-refractivity contribution in [2.45, 2.75) is 19.8 Å². The summed E-state index contributed by atoms with van der Waals surface area (Å²) in [4.78, 5) is 12.3. The Bertz CT molecular complexity index is 683. The fourth-order valence-corrected chi connectivity index (χ4v) is 2.86. The van der Waals surface area contributed by atoms with Crippen molar-refractivity contribution in [3.63, 3.8) is 0 Å². The van der Waals surface area contributed by atoms with Gasteiger partial charge in [0.2, 0.25) is 0 Å². The van der Waals surface area contributed by atoms with Crippen LogP contribution in [0.4, 0.5) is 4.39 Å². The topological polar surface area (TPSA) is 44.1 Å². The van der Waals surface area contributed by atoms with Gasteiger partial charge in [-0.2, -0.15) is 5.10 Å². The zero-order valence-electron chi connectivity index (χ0n) is 12.1. The fraction of sp³-hybridized carbons (Fsp3) is 0.333. The number of methoxy groups -OCH3 is 1. The van der Waals surface area contributed by atoms with E-state index in [9.17, 15) is 9.18 Å². The number of carbonyl (C=O) groups is 1. The lowest BCUT2D eigenvalue weighted by Gasteiger charge is -2.06. The number of rotatable bonds is 5. The van der Waals surface area contributed by atoms with Crippen LogP contribution in [-0.2, 0) is 19.9 Å². The highest BCUT2D eigenvalue weighted by Gasteiger charge is 2.17. The molecule has 4 nitrogen and oxygen atoms in total. The summed E-state index contributed by atoms with van der Waals surface area (Å²) < 4.78 is 21.0. The Kier molecular flexibility index (Phi) is 4.77. The molecule has 0 saturated heterocycles. The molecule has 0 aliphatic heterocycles. The van der Waals surface area contributed by atoms with E-state index in [2.05, 4.69) is 21.0 Å². The molecule has 0 aliphatic rings. The van der Waals surface area contributed by atoms with E-state index in [1.165, 1.54) is 19.2 Å². The molecule has 1 aromatic heterocycles. The number of Topliss-reactive ketones (excluding diaryl/α,β-unsaturated/α-hetero) is 1. The summed E-state index contributed by atoms with van der Waals surface area (Å²) in [5.74, 6) is -0.578. The zero-order chi connectivity index (χ0) is 15.6. The molecule has 112 valence electrons. The Hall–Kier alpha value is -1.69. The monoisotopic (exact) mass is 354 g/mol. The maximum absolute atomic E-state index is 13.7. The zero-order valence-corrected chi connectivity index (χ0v) is 13.7. The number of aromatic nitrogens is 2. The number of hydrogen-bond acceptors (Lipinski definition) is 3. The van der Waals surface area contributed by atoms with Gasteiger partial charge in [0, 0.05) is 12.6 Å². The third-order valence-electron chi connectivity index (χ3n) is 3.30. The van der Waals surface area contributed by atoms with Crippen molar-refractivity contribution in [2.75, 3.05) is 7.11 Å². The molecule has 0 saturated carbocycles. The van der Waals surface area contributed by atoms with Crippen LogP contribution in [0.25, 0.3) is 0 Å². The predicted molar refractivity (Wildman–Crippen MR) is 81.3 cm³/mol. The molecule has 2 rings (SSSR count). The summed E-state index contributed by atoms with van der Waals surface area (Å²) in [5.41, 5.74) is 2.01. The summed E-state index contributed by atoms with van der Waals surface area (Å²) in [6, 6.07) is 4.22. The molecule has 0 unspecified atom stereocenters. The van der Waals surface area contributed by atoms with Crippen molar-refractivity contribution in [3.8, 4) is 5.75 Å². The van der Waals surface area contributed by atoms with Gasteiger partial charge in [-0.1, -0.05) is 6.92 Å². The second-order valence-corrected chi connectivity index (χ2v) is 5.43. The van der Waals surface area contributed by atoms with Gasteiger partial charge < -0.3 is 4.74 Å². The lowest BCUT2D eigenvalue weighted by molar-refractivity contribution is 0.0990. The molecule has 2 aromatic rings. The lowest BCUT2D eigenvalue weighted by atomic mass is 10.1. The number of ketones is 1. The number of halogens is 2. The summed E-state index contributed by atoms with van der Waals surface area (Å²) in [7, 11) is 3.18. The first kappa shape index (κ1) is 15.7. The van der Waals surface area contributed by atoms with Crippen LogP contribution < -0.4 is 4.74 Å². The van der Waals surface area contributed by atoms with Crippen LogP contribution >= 0.6 is 15.9 Å². The van der Waals surface area contributed by atoms with E-state index in [1.807, 2.05) is 6.92 Å². The van der Waals surface area contributed by atoms with Gasteiger partial charge in [-0.3, -0.25) is 9.48 Å². The van der Waals surface area contributed by atoms with Gasteiger partial charge in [-0.25, -0.2) is 4.39 Å². The summed E-state index contributed by atoms with van der Waals surface area (Å²) in [6.07, 6.45) is 0.940. The minimum absolute atomic E-state index is 0.126. The average molecular weight is 355 g/mol. The van der Waals surface area contributed by atoms with E-state index in [-0.39, 0.29) is 18.0 Å². The maximum atomic E-state index is 13.7. The maximum Gasteiger partial charge on any atom is 0.168 e. The smallest absolute Gasteiger partial charge is 0.168 e. The molecule has 6 heteroatoms. The summed E-state index contributed by atoms with van der Waals surface area (Å²) >= 11 is 3.47. The van der Waals surface area contributed by atoms with Crippen LogP contribution in [0.5, 0.6) is 5.75 Å². The molecular weight excluding hydrogens is 339 g/mol. The molecule has 1 aromatic carbocycles. The molecule has 1 heterocycles. The molecule has 0 spiro atoms. The highest BCUT2D eigenvalue weighted by molar-refractivity contribution is 9.10. The van der Waals surface area contributed by atoms with Gasteiger partial charge in [-0.15, -0.1) is 0 Å². The second kappa shape index (κ2) is 6.39. The first-order valence-electron chi connectivity index (χ1n) is 6.54. The van der Waals surface area contributed by atoms with Crippen molar-refractivity contribution < 1.29 is 13.9 Å². The average Bonchev–Trinajstić information content (AvgIpc) is 2.74. The Morgan fingerprint density at radius 2 is 2.19 bits per heavy atom. The molecular formula is C15H16BrFN2O2. The fourth-order valence-electron chi connectivity index (χ4n) is 2.11. The second-order valence-electron chi connectivity index (χ2n) is 4.63. The summed E-state index contributed by atoms with van der Waals surface area (Å²) in [6.45, 7) is 2.00. The quantitative estimate of drug-likeness (QED) is 0.773. The first-order chi connectivity index (χ1) is 9.97. The van der Waals surface area contributed by atoms with Crippen molar-refractivity contribution >= 4 is 21.7 Å². The Labute approximate surface area is 131 Å². The van der Waals surface area contributed by atoms with Gasteiger partial charge in [0.1, 0.15) is 0 Å². The highest BCUT2D eigenvalue weighted by atomic mass is 79.9. The van der Waals surface area contributed by atoms with Crippen LogP contribution in [0.3, 0.4) is 0 Å². The van der Waals surface area contributed by atoms with Gasteiger partial charge in [-0.05, 0) is 40.5 Å². The van der Waals surface area contributed by atoms with Crippen molar-refractivity contribution in [1.82, 2.24) is 9.78 Å². The molecule has 21 heavy (non-hydrogen) atoms. The van der Waals surface area contributed by atoms with Crippen LogP contribution in [0.15, 0.2) is 22.7 Å². The van der Waals surface area contributed by atoms with E-state index in [0.717, 1.165) is 22.3 Å². The van der Waals surface area contributed by atoms with Gasteiger partial charge in [0.25, 0.3) is 0 Å². The third kappa shape index (κ3) is 3.15. The molecule has 0 radical (unpaired) electrons. The van der Waals surface area contributed by atoms with Gasteiger partial charge in [0.05, 0.1) is 29.4 Å². The molecule has 0 fully saturated rings. The molecule has 0 aliphatic carbocycles. The van der Waals surface area contributed by atoms with E-state index >= 15 is 0 Å². The van der Waals surface area contributed by atoms with Crippen LogP contribution in [0.1, 0.15) is 28.7 Å². The number of nitrogens with zero attached hydrogens (tertiary/aromatic N) is 2. The van der Waals surface area contributed by atoms with Crippen LogP contribution in [0.2, 0.25) is 0 Å². The number of aryl methyl sites for hydroxylation is 2. The number of carbonyl (C=O) groups excluding carboxylic acids is 1. The molecule has 0 bridgehead atoms. The van der Waals surface area contributed by atoms with E-state index in [1.54, 1.807) is 17.8 Å². The Balaban J connectivity index is 2.26. The largest absolute Gasteiger partial charge is 0.494 e. The minimum Gasteiger partial charge on any atom is -0.494 e. The first-order valence-corrected chi connectivity index (χ1v) is 7.34. The standard InChI is InChI=1S/C15H16BrFN2O2/c1-4-11-15(16)12(19(2)18-11)8-13(20)9-5-6-14(21-3)10(17)7-9/h5-7H,4,8H2,1-3H3. The number of ether oxygens (including phenoxy) is 1. The highest BCUT2D eigenvalue weighted by Crippen LogP contribution is 2.24. The minimum atomic E-state index is -0.540. The van der Waals surface area contributed by atoms with Crippen LogP contribution in [-0.4, -0.2) is 22.7 Å². The van der Waals surface area contributed by atoms with Crippen molar-refractivity contribution in [2.24, 2.45) is 7.05 Å². The SMILES string of the molecule is CCc1nn(C)c(CC(=O)c2ccc(OC)c(F)c2)c1Br. The van der Waals surface area contributed by atoms with E-state index in [0.29, 0.717) is 5.56 Å². The Morgan fingerprint density at radius 3 is 2.71 bits per heavy atom. The third-order valence-corrected chi connectivity index (χ3v) is 4.22. The predicted octanol–water partition coefficient (Wildman–Crippen LogP) is 3.32. The number of benzene rings is 1. The lowest BCUT2D eigenvalue weighted by Crippen LogP contribution is -2.09. The Morgan fingerprint density at radius 1 is 1.48 bits per heavy atom. The van der Waals surface area contributed by atoms with Crippen molar-refractivity contribution in [1.29, 1.82) is 0 Å². The molecule has 0 N–H and O–H groups in total. The number of hydrogen-bond donors (Lipinski definition) is 0.